The summed E-state index contributed by atoms with van der Waals surface area (Å²) in [4.78, 5) is 13.0. The Balaban J connectivity index is 1.53. The Morgan fingerprint density at radius 1 is 0.972 bits per heavy atom. The maximum atomic E-state index is 13.6. The number of pyridine rings is 1. The lowest BCUT2D eigenvalue weighted by atomic mass is 9.89. The second-order valence-electron chi connectivity index (χ2n) is 10.1. The molecule has 2 aliphatic rings. The molecule has 3 aromatic rings. The number of sulfonamides is 1. The van der Waals surface area contributed by atoms with Crippen LogP contribution in [0.5, 0.6) is 0 Å². The summed E-state index contributed by atoms with van der Waals surface area (Å²) >= 11 is 0. The summed E-state index contributed by atoms with van der Waals surface area (Å²) in [5.41, 5.74) is 5.69. The third-order valence-electron chi connectivity index (χ3n) is 7.51. The maximum Gasteiger partial charge on any atom is 0.239 e. The van der Waals surface area contributed by atoms with Crippen molar-refractivity contribution in [3.8, 4) is 11.4 Å². The molecule has 0 radical (unpaired) electrons. The number of hydrogen-bond donors (Lipinski definition) is 1. The van der Waals surface area contributed by atoms with Crippen molar-refractivity contribution >= 4 is 16.0 Å². The molecular formula is C26H33N7O2S. The van der Waals surface area contributed by atoms with Crippen LogP contribution in [0.2, 0.25) is 0 Å². The summed E-state index contributed by atoms with van der Waals surface area (Å²) in [5, 5.41) is 8.06. The highest BCUT2D eigenvalue weighted by molar-refractivity contribution is 7.93. The number of aromatic nitrogens is 6. The lowest BCUT2D eigenvalue weighted by molar-refractivity contribution is 0.483. The fraction of sp³-hybridized carbons (Fsp3) is 0.500. The molecule has 0 spiro atoms. The van der Waals surface area contributed by atoms with Crippen molar-refractivity contribution in [2.75, 3.05) is 4.72 Å². The second-order valence-corrected chi connectivity index (χ2v) is 12.2. The molecule has 0 fully saturated rings. The van der Waals surface area contributed by atoms with Crippen LogP contribution in [-0.2, 0) is 10.0 Å². The molecule has 0 saturated heterocycles. The van der Waals surface area contributed by atoms with Crippen LogP contribution in [0.25, 0.3) is 11.4 Å². The van der Waals surface area contributed by atoms with Gasteiger partial charge in [0, 0.05) is 36.3 Å². The molecule has 5 rings (SSSR count). The molecule has 0 amide bonds. The first-order valence-electron chi connectivity index (χ1n) is 12.6. The van der Waals surface area contributed by atoms with Gasteiger partial charge in [-0.1, -0.05) is 12.5 Å². The van der Waals surface area contributed by atoms with E-state index >= 15 is 0 Å². The number of aryl methyl sites for hydroxylation is 2. The van der Waals surface area contributed by atoms with Gasteiger partial charge in [-0.15, -0.1) is 10.2 Å². The van der Waals surface area contributed by atoms with Crippen LogP contribution < -0.4 is 4.72 Å². The van der Waals surface area contributed by atoms with Crippen LogP contribution in [0.3, 0.4) is 0 Å². The van der Waals surface area contributed by atoms with E-state index in [1.807, 2.05) is 31.4 Å². The monoisotopic (exact) mass is 507 g/mol. The topological polar surface area (TPSA) is 116 Å². The Labute approximate surface area is 212 Å². The van der Waals surface area contributed by atoms with Crippen molar-refractivity contribution in [3.63, 3.8) is 0 Å². The van der Waals surface area contributed by atoms with Gasteiger partial charge in [0.25, 0.3) is 0 Å². The number of anilines is 1. The van der Waals surface area contributed by atoms with E-state index < -0.39 is 21.2 Å². The van der Waals surface area contributed by atoms with Crippen molar-refractivity contribution in [2.24, 2.45) is 0 Å². The molecule has 3 unspecified atom stereocenters. The van der Waals surface area contributed by atoms with E-state index in [2.05, 4.69) is 29.9 Å². The molecule has 9 nitrogen and oxygen atoms in total. The molecule has 0 aromatic carbocycles. The van der Waals surface area contributed by atoms with Gasteiger partial charge in [0.1, 0.15) is 5.82 Å². The molecule has 190 valence electrons. The first-order chi connectivity index (χ1) is 17.2. The predicted molar refractivity (Wildman–Crippen MR) is 139 cm³/mol. The maximum absolute atomic E-state index is 13.6. The lowest BCUT2D eigenvalue weighted by Gasteiger charge is -2.29. The van der Waals surface area contributed by atoms with Gasteiger partial charge in [0.05, 0.1) is 11.3 Å². The van der Waals surface area contributed by atoms with E-state index in [1.54, 1.807) is 31.7 Å². The molecule has 36 heavy (non-hydrogen) atoms. The molecule has 3 aromatic heterocycles. The second kappa shape index (κ2) is 9.72. The summed E-state index contributed by atoms with van der Waals surface area (Å²) in [6.45, 7) is 7.40. The average Bonchev–Trinajstić information content (AvgIpc) is 3.50. The normalized spacial score (nSPS) is 19.7. The van der Waals surface area contributed by atoms with Crippen molar-refractivity contribution in [2.45, 2.75) is 83.4 Å². The fourth-order valence-corrected chi connectivity index (χ4v) is 6.59. The smallest absolute Gasteiger partial charge is 0.239 e. The highest BCUT2D eigenvalue weighted by atomic mass is 32.2. The quantitative estimate of drug-likeness (QED) is 0.453. The predicted octanol–water partition coefficient (Wildman–Crippen LogP) is 4.89. The van der Waals surface area contributed by atoms with Gasteiger partial charge in [0.15, 0.2) is 5.82 Å². The summed E-state index contributed by atoms with van der Waals surface area (Å²) < 4.78 is 31.9. The Kier molecular flexibility index (Phi) is 6.63. The van der Waals surface area contributed by atoms with E-state index in [0.29, 0.717) is 11.6 Å². The summed E-state index contributed by atoms with van der Waals surface area (Å²) in [6, 6.07) is 2.05. The van der Waals surface area contributed by atoms with E-state index in [1.165, 1.54) is 11.1 Å². The zero-order valence-corrected chi connectivity index (χ0v) is 22.1. The third-order valence-corrected chi connectivity index (χ3v) is 9.37. The van der Waals surface area contributed by atoms with Crippen LogP contribution in [0.15, 0.2) is 42.0 Å². The van der Waals surface area contributed by atoms with Gasteiger partial charge in [-0.2, -0.15) is 0 Å². The standard InChI is InChI=1S/C26H33N7O2S/c1-16-11-21(15-27-12-16)25-30-31-26(33(25)23-10-6-8-20-7-5-9-22(20)23)32-36(34,35)19(4)18(3)24-28-13-17(2)14-29-24/h11-15,18-19,23H,5-10H2,1-4H3,(H,31,32). The number of nitrogens with zero attached hydrogens (tertiary/aromatic N) is 6. The number of hydrogen-bond acceptors (Lipinski definition) is 7. The molecule has 10 heteroatoms. The van der Waals surface area contributed by atoms with Gasteiger partial charge in [-0.3, -0.25) is 14.3 Å². The van der Waals surface area contributed by atoms with Crippen LogP contribution >= 0.6 is 0 Å². The zero-order chi connectivity index (χ0) is 25.4. The minimum absolute atomic E-state index is 0.0348. The van der Waals surface area contributed by atoms with Crippen molar-refractivity contribution in [1.82, 2.24) is 29.7 Å². The van der Waals surface area contributed by atoms with E-state index in [-0.39, 0.29) is 12.0 Å². The highest BCUT2D eigenvalue weighted by Crippen LogP contribution is 2.45. The molecular weight excluding hydrogens is 474 g/mol. The summed E-state index contributed by atoms with van der Waals surface area (Å²) in [6.07, 6.45) is 13.4. The minimum Gasteiger partial charge on any atom is -0.285 e. The number of rotatable bonds is 7. The Bertz CT molecular complexity index is 1400. The average molecular weight is 508 g/mol. The molecule has 2 aliphatic carbocycles. The summed E-state index contributed by atoms with van der Waals surface area (Å²) in [7, 11) is -3.82. The van der Waals surface area contributed by atoms with E-state index in [4.69, 9.17) is 0 Å². The minimum atomic E-state index is -3.82. The molecule has 0 saturated carbocycles. The van der Waals surface area contributed by atoms with Gasteiger partial charge >= 0.3 is 0 Å². The van der Waals surface area contributed by atoms with E-state index in [9.17, 15) is 8.42 Å². The van der Waals surface area contributed by atoms with Crippen molar-refractivity contribution < 1.29 is 8.42 Å². The molecule has 3 heterocycles. The van der Waals surface area contributed by atoms with Gasteiger partial charge in [0.2, 0.25) is 16.0 Å². The van der Waals surface area contributed by atoms with Crippen molar-refractivity contribution in [1.29, 1.82) is 0 Å². The summed E-state index contributed by atoms with van der Waals surface area (Å²) in [5.74, 6) is 0.983. The van der Waals surface area contributed by atoms with E-state index in [0.717, 1.165) is 55.2 Å². The Morgan fingerprint density at radius 3 is 2.47 bits per heavy atom. The SMILES string of the molecule is Cc1cnc(C(C)C(C)S(=O)(=O)Nc2nnc(-c3cncc(C)c3)n2C2CCCC3=C2CCC3)nc1. The molecule has 1 N–H and O–H groups in total. The highest BCUT2D eigenvalue weighted by Gasteiger charge is 2.35. The Morgan fingerprint density at radius 2 is 1.72 bits per heavy atom. The van der Waals surface area contributed by atoms with Gasteiger partial charge < -0.3 is 0 Å². The third kappa shape index (κ3) is 4.66. The Hall–Kier alpha value is -3.14. The first-order valence-corrected chi connectivity index (χ1v) is 14.2. The fourth-order valence-electron chi connectivity index (χ4n) is 5.35. The number of allylic oxidation sites excluding steroid dienone is 2. The molecule has 3 atom stereocenters. The van der Waals surface area contributed by atoms with Crippen LogP contribution in [-0.4, -0.2) is 43.4 Å². The molecule has 0 aliphatic heterocycles. The number of nitrogens with one attached hydrogen (secondary N) is 1. The molecule has 0 bridgehead atoms. The van der Waals surface area contributed by atoms with Gasteiger partial charge in [-0.25, -0.2) is 18.4 Å². The van der Waals surface area contributed by atoms with Crippen molar-refractivity contribution in [3.05, 3.63) is 59.0 Å². The largest absolute Gasteiger partial charge is 0.285 e. The van der Waals surface area contributed by atoms with Gasteiger partial charge in [-0.05, 0) is 82.1 Å². The zero-order valence-electron chi connectivity index (χ0n) is 21.3. The van der Waals surface area contributed by atoms with Crippen LogP contribution in [0.1, 0.15) is 81.3 Å². The lowest BCUT2D eigenvalue weighted by Crippen LogP contribution is -2.32. The first kappa shape index (κ1) is 24.5. The van der Waals surface area contributed by atoms with Crippen LogP contribution in [0.4, 0.5) is 5.95 Å². The van der Waals surface area contributed by atoms with Crippen LogP contribution in [0, 0.1) is 13.8 Å².